The lowest BCUT2D eigenvalue weighted by Gasteiger charge is -1.92. The molecule has 10 heavy (non-hydrogen) atoms. The van der Waals surface area contributed by atoms with Gasteiger partial charge in [-0.15, -0.1) is 0 Å². The van der Waals surface area contributed by atoms with Crippen LogP contribution in [-0.2, 0) is 0 Å². The highest BCUT2D eigenvalue weighted by atomic mass is 35.5. The summed E-state index contributed by atoms with van der Waals surface area (Å²) >= 11 is 5.70. The minimum Gasteiger partial charge on any atom is -0.276 e. The molecule has 0 unspecified atom stereocenters. The zero-order valence-electron chi connectivity index (χ0n) is 5.58. The molecule has 0 saturated carbocycles. The van der Waals surface area contributed by atoms with Crippen molar-refractivity contribution in [3.63, 3.8) is 0 Å². The van der Waals surface area contributed by atoms with E-state index in [1.165, 1.54) is 0 Å². The Balaban J connectivity index is 2.96. The van der Waals surface area contributed by atoms with Crippen LogP contribution in [-0.4, -0.2) is 17.2 Å². The number of rotatable bonds is 1. The minimum atomic E-state index is 0.494. The number of nitrogens with zero attached hydrogens (tertiary/aromatic N) is 2. The van der Waals surface area contributed by atoms with Crippen molar-refractivity contribution < 1.29 is 0 Å². The summed E-state index contributed by atoms with van der Waals surface area (Å²) in [4.78, 5) is 7.69. The highest BCUT2D eigenvalue weighted by Crippen LogP contribution is 2.01. The summed E-state index contributed by atoms with van der Waals surface area (Å²) in [7, 11) is 1.65. The molecule has 0 amide bonds. The first-order valence-electron chi connectivity index (χ1n) is 2.87. The average Bonchev–Trinajstić information content (AvgIpc) is 2.05. The minimum absolute atomic E-state index is 0.494. The molecule has 0 N–H and O–H groups in total. The number of hydrogen-bond donors (Lipinski definition) is 0. The summed E-state index contributed by atoms with van der Waals surface area (Å²) in [6.45, 7) is 0. The maximum absolute atomic E-state index is 5.70. The van der Waals surface area contributed by atoms with E-state index in [2.05, 4.69) is 9.98 Å². The van der Waals surface area contributed by atoms with Crippen LogP contribution in [0.3, 0.4) is 0 Å². The molecule has 1 heterocycles. The lowest BCUT2D eigenvalue weighted by Crippen LogP contribution is -1.89. The standard InChI is InChI=1S/C7H7ClN2/c1-9-7(8)6-3-2-4-10-5-6/h2-5H,1H3. The normalized spacial score (nSPS) is 11.6. The second kappa shape index (κ2) is 3.32. The highest BCUT2D eigenvalue weighted by molar-refractivity contribution is 6.69. The predicted octanol–water partition coefficient (Wildman–Crippen LogP) is 1.70. The van der Waals surface area contributed by atoms with Crippen molar-refractivity contribution in [1.82, 2.24) is 4.98 Å². The van der Waals surface area contributed by atoms with Crippen molar-refractivity contribution in [1.29, 1.82) is 0 Å². The predicted molar refractivity (Wildman–Crippen MR) is 42.6 cm³/mol. The fourth-order valence-corrected chi connectivity index (χ4v) is 0.726. The molecule has 0 bridgehead atoms. The smallest absolute Gasteiger partial charge is 0.132 e. The molecule has 2 nitrogen and oxygen atoms in total. The monoisotopic (exact) mass is 154 g/mol. The van der Waals surface area contributed by atoms with Crippen molar-refractivity contribution >= 4 is 16.8 Å². The van der Waals surface area contributed by atoms with Crippen LogP contribution in [0.4, 0.5) is 0 Å². The SMILES string of the molecule is CN=C(Cl)c1cccnc1. The lowest BCUT2D eigenvalue weighted by molar-refractivity contribution is 1.31. The molecular formula is C7H7ClN2. The number of hydrogen-bond acceptors (Lipinski definition) is 2. The van der Waals surface area contributed by atoms with E-state index in [0.717, 1.165) is 5.56 Å². The summed E-state index contributed by atoms with van der Waals surface area (Å²) in [6.07, 6.45) is 3.37. The summed E-state index contributed by atoms with van der Waals surface area (Å²) in [6, 6.07) is 3.69. The molecule has 1 aromatic rings. The zero-order valence-corrected chi connectivity index (χ0v) is 6.34. The highest BCUT2D eigenvalue weighted by Gasteiger charge is 1.94. The number of aromatic nitrogens is 1. The Morgan fingerprint density at radius 1 is 1.70 bits per heavy atom. The van der Waals surface area contributed by atoms with Crippen molar-refractivity contribution in [2.45, 2.75) is 0 Å². The van der Waals surface area contributed by atoms with Crippen molar-refractivity contribution in [3.05, 3.63) is 30.1 Å². The van der Waals surface area contributed by atoms with E-state index in [0.29, 0.717) is 5.17 Å². The lowest BCUT2D eigenvalue weighted by atomic mass is 10.3. The van der Waals surface area contributed by atoms with Crippen LogP contribution in [0.1, 0.15) is 5.56 Å². The largest absolute Gasteiger partial charge is 0.276 e. The van der Waals surface area contributed by atoms with Crippen LogP contribution in [0.25, 0.3) is 0 Å². The number of aliphatic imine (C=N–C) groups is 1. The van der Waals surface area contributed by atoms with Crippen LogP contribution in [0.2, 0.25) is 0 Å². The molecule has 3 heteroatoms. The van der Waals surface area contributed by atoms with Gasteiger partial charge in [-0.2, -0.15) is 0 Å². The molecule has 1 rings (SSSR count). The fourth-order valence-electron chi connectivity index (χ4n) is 0.614. The van der Waals surface area contributed by atoms with E-state index < -0.39 is 0 Å². The maximum atomic E-state index is 5.70. The van der Waals surface area contributed by atoms with Gasteiger partial charge in [0, 0.05) is 25.0 Å². The third-order valence-corrected chi connectivity index (χ3v) is 1.48. The molecule has 0 radical (unpaired) electrons. The molecule has 0 fully saturated rings. The van der Waals surface area contributed by atoms with E-state index in [1.54, 1.807) is 19.4 Å². The van der Waals surface area contributed by atoms with Gasteiger partial charge in [-0.3, -0.25) is 9.98 Å². The molecule has 0 atom stereocenters. The molecular weight excluding hydrogens is 148 g/mol. The maximum Gasteiger partial charge on any atom is 0.132 e. The summed E-state index contributed by atoms with van der Waals surface area (Å²) in [5.74, 6) is 0. The van der Waals surface area contributed by atoms with E-state index in [-0.39, 0.29) is 0 Å². The molecule has 1 aromatic heterocycles. The van der Waals surface area contributed by atoms with Crippen LogP contribution in [0, 0.1) is 0 Å². The summed E-state index contributed by atoms with van der Waals surface area (Å²) in [5, 5.41) is 0.494. The van der Waals surface area contributed by atoms with Crippen molar-refractivity contribution in [2.24, 2.45) is 4.99 Å². The van der Waals surface area contributed by atoms with Gasteiger partial charge in [0.1, 0.15) is 5.17 Å². The molecule has 0 aliphatic rings. The first-order chi connectivity index (χ1) is 4.84. The summed E-state index contributed by atoms with van der Waals surface area (Å²) < 4.78 is 0. The van der Waals surface area contributed by atoms with Crippen LogP contribution >= 0.6 is 11.6 Å². The van der Waals surface area contributed by atoms with Gasteiger partial charge in [0.2, 0.25) is 0 Å². The van der Waals surface area contributed by atoms with E-state index in [9.17, 15) is 0 Å². The average molecular weight is 155 g/mol. The molecule has 0 spiro atoms. The van der Waals surface area contributed by atoms with Gasteiger partial charge in [0.05, 0.1) is 0 Å². The van der Waals surface area contributed by atoms with Gasteiger partial charge >= 0.3 is 0 Å². The molecule has 0 saturated heterocycles. The Bertz CT molecular complexity index is 231. The Hall–Kier alpha value is -0.890. The van der Waals surface area contributed by atoms with Gasteiger partial charge in [-0.25, -0.2) is 0 Å². The second-order valence-electron chi connectivity index (χ2n) is 1.76. The molecule has 0 aromatic carbocycles. The first-order valence-corrected chi connectivity index (χ1v) is 3.25. The Labute approximate surface area is 64.6 Å². The fraction of sp³-hybridized carbons (Fsp3) is 0.143. The van der Waals surface area contributed by atoms with Crippen LogP contribution in [0.15, 0.2) is 29.5 Å². The van der Waals surface area contributed by atoms with E-state index in [1.807, 2.05) is 12.1 Å². The first kappa shape index (κ1) is 7.22. The van der Waals surface area contributed by atoms with Gasteiger partial charge < -0.3 is 0 Å². The Morgan fingerprint density at radius 2 is 2.50 bits per heavy atom. The molecule has 0 aliphatic carbocycles. The number of halogens is 1. The van der Waals surface area contributed by atoms with Crippen LogP contribution < -0.4 is 0 Å². The van der Waals surface area contributed by atoms with Gasteiger partial charge in [-0.1, -0.05) is 11.6 Å². The third-order valence-electron chi connectivity index (χ3n) is 1.10. The Kier molecular flexibility index (Phi) is 2.40. The third kappa shape index (κ3) is 1.54. The van der Waals surface area contributed by atoms with Crippen molar-refractivity contribution in [2.75, 3.05) is 7.05 Å². The number of pyridine rings is 1. The van der Waals surface area contributed by atoms with Gasteiger partial charge in [0.15, 0.2) is 0 Å². The van der Waals surface area contributed by atoms with Crippen molar-refractivity contribution in [3.8, 4) is 0 Å². The van der Waals surface area contributed by atoms with Gasteiger partial charge in [0.25, 0.3) is 0 Å². The van der Waals surface area contributed by atoms with Gasteiger partial charge in [-0.05, 0) is 12.1 Å². The molecule has 52 valence electrons. The zero-order chi connectivity index (χ0) is 7.40. The van der Waals surface area contributed by atoms with E-state index >= 15 is 0 Å². The Morgan fingerprint density at radius 3 is 3.00 bits per heavy atom. The van der Waals surface area contributed by atoms with Crippen LogP contribution in [0.5, 0.6) is 0 Å². The second-order valence-corrected chi connectivity index (χ2v) is 2.11. The quantitative estimate of drug-likeness (QED) is 0.566. The van der Waals surface area contributed by atoms with E-state index in [4.69, 9.17) is 11.6 Å². The molecule has 0 aliphatic heterocycles. The topological polar surface area (TPSA) is 25.2 Å². The summed E-state index contributed by atoms with van der Waals surface area (Å²) in [5.41, 5.74) is 0.853.